The average molecular weight is 294 g/mol. The molecule has 0 aromatic heterocycles. The molecule has 0 bridgehead atoms. The fraction of sp³-hybridized carbons (Fsp3) is 0.533. The number of anilines is 1. The molecule has 1 heterocycles. The number of hydrogen-bond donors (Lipinski definition) is 2. The van der Waals surface area contributed by atoms with Crippen LogP contribution in [0.5, 0.6) is 11.5 Å². The largest absolute Gasteiger partial charge is 0.493 e. The maximum absolute atomic E-state index is 12.2. The molecule has 1 aliphatic heterocycles. The minimum atomic E-state index is -0.152. The fourth-order valence-electron chi connectivity index (χ4n) is 2.52. The molecule has 1 saturated heterocycles. The summed E-state index contributed by atoms with van der Waals surface area (Å²) in [7, 11) is 3.12. The molecule has 1 aliphatic rings. The Morgan fingerprint density at radius 3 is 2.81 bits per heavy atom. The van der Waals surface area contributed by atoms with E-state index in [2.05, 4.69) is 5.32 Å². The van der Waals surface area contributed by atoms with E-state index in [1.54, 1.807) is 37.3 Å². The van der Waals surface area contributed by atoms with Crippen LogP contribution in [0, 0.1) is 5.92 Å². The van der Waals surface area contributed by atoms with Crippen molar-refractivity contribution < 1.29 is 19.4 Å². The lowest BCUT2D eigenvalue weighted by Crippen LogP contribution is -2.43. The van der Waals surface area contributed by atoms with E-state index in [1.807, 2.05) is 0 Å². The topological polar surface area (TPSA) is 71.0 Å². The molecule has 2 N–H and O–H groups in total. The first-order chi connectivity index (χ1) is 10.2. The van der Waals surface area contributed by atoms with Crippen molar-refractivity contribution in [3.8, 4) is 11.5 Å². The number of ether oxygens (including phenoxy) is 2. The SMILES string of the molecule is COc1ccc(NC(=O)N2CCCC(CO)C2)cc1OC. The Bertz CT molecular complexity index is 493. The first-order valence-corrected chi connectivity index (χ1v) is 7.06. The average Bonchev–Trinajstić information content (AvgIpc) is 2.54. The Balaban J connectivity index is 2.02. The monoisotopic (exact) mass is 294 g/mol. The Morgan fingerprint density at radius 2 is 2.14 bits per heavy atom. The van der Waals surface area contributed by atoms with Gasteiger partial charge >= 0.3 is 6.03 Å². The van der Waals surface area contributed by atoms with Crippen LogP contribution in [-0.2, 0) is 0 Å². The highest BCUT2D eigenvalue weighted by molar-refractivity contribution is 5.89. The number of carbonyl (C=O) groups is 1. The number of aliphatic hydroxyl groups excluding tert-OH is 1. The number of nitrogens with one attached hydrogen (secondary N) is 1. The van der Waals surface area contributed by atoms with E-state index in [1.165, 1.54) is 0 Å². The number of piperidine rings is 1. The molecule has 0 saturated carbocycles. The maximum Gasteiger partial charge on any atom is 0.321 e. The highest BCUT2D eigenvalue weighted by atomic mass is 16.5. The van der Waals surface area contributed by atoms with Crippen molar-refractivity contribution in [2.45, 2.75) is 12.8 Å². The first-order valence-electron chi connectivity index (χ1n) is 7.06. The molecule has 2 amide bonds. The minimum Gasteiger partial charge on any atom is -0.493 e. The first kappa shape index (κ1) is 15.4. The molecule has 116 valence electrons. The van der Waals surface area contributed by atoms with Crippen LogP contribution >= 0.6 is 0 Å². The second kappa shape index (κ2) is 7.17. The Labute approximate surface area is 124 Å². The van der Waals surface area contributed by atoms with Crippen molar-refractivity contribution in [3.63, 3.8) is 0 Å². The predicted octanol–water partition coefficient (Wildman–Crippen LogP) is 1.94. The van der Waals surface area contributed by atoms with Crippen LogP contribution in [0.3, 0.4) is 0 Å². The number of benzene rings is 1. The summed E-state index contributed by atoms with van der Waals surface area (Å²) in [4.78, 5) is 14.0. The summed E-state index contributed by atoms with van der Waals surface area (Å²) in [6, 6.07) is 5.10. The van der Waals surface area contributed by atoms with Gasteiger partial charge in [-0.25, -0.2) is 4.79 Å². The third kappa shape index (κ3) is 3.78. The molecular formula is C15H22N2O4. The molecule has 2 rings (SSSR count). The normalized spacial score (nSPS) is 18.2. The van der Waals surface area contributed by atoms with Crippen LogP contribution in [0.2, 0.25) is 0 Å². The maximum atomic E-state index is 12.2. The zero-order valence-corrected chi connectivity index (χ0v) is 12.5. The van der Waals surface area contributed by atoms with Gasteiger partial charge in [0.15, 0.2) is 11.5 Å². The number of likely N-dealkylation sites (tertiary alicyclic amines) is 1. The summed E-state index contributed by atoms with van der Waals surface area (Å²) < 4.78 is 10.4. The van der Waals surface area contributed by atoms with Crippen molar-refractivity contribution in [1.29, 1.82) is 0 Å². The van der Waals surface area contributed by atoms with E-state index in [9.17, 15) is 9.90 Å². The summed E-state index contributed by atoms with van der Waals surface area (Å²) in [6.07, 6.45) is 1.89. The molecule has 1 unspecified atom stereocenters. The quantitative estimate of drug-likeness (QED) is 0.890. The van der Waals surface area contributed by atoms with Gasteiger partial charge in [-0.1, -0.05) is 0 Å². The van der Waals surface area contributed by atoms with Crippen LogP contribution in [-0.4, -0.2) is 50.0 Å². The fourth-order valence-corrected chi connectivity index (χ4v) is 2.52. The number of aliphatic hydroxyl groups is 1. The molecule has 1 atom stereocenters. The molecule has 1 aromatic carbocycles. The third-order valence-corrected chi connectivity index (χ3v) is 3.70. The lowest BCUT2D eigenvalue weighted by atomic mass is 9.99. The van der Waals surface area contributed by atoms with Gasteiger partial charge in [-0.2, -0.15) is 0 Å². The molecule has 0 radical (unpaired) electrons. The lowest BCUT2D eigenvalue weighted by molar-refractivity contribution is 0.136. The smallest absolute Gasteiger partial charge is 0.321 e. The van der Waals surface area contributed by atoms with Gasteiger partial charge < -0.3 is 24.8 Å². The van der Waals surface area contributed by atoms with Crippen molar-refractivity contribution in [1.82, 2.24) is 4.90 Å². The second-order valence-electron chi connectivity index (χ2n) is 5.14. The van der Waals surface area contributed by atoms with Gasteiger partial charge in [0, 0.05) is 31.5 Å². The van der Waals surface area contributed by atoms with Gasteiger partial charge in [-0.15, -0.1) is 0 Å². The van der Waals surface area contributed by atoms with Gasteiger partial charge in [0.25, 0.3) is 0 Å². The molecule has 1 aromatic rings. The number of carbonyl (C=O) groups excluding carboxylic acids is 1. The van der Waals surface area contributed by atoms with Crippen molar-refractivity contribution >= 4 is 11.7 Å². The Morgan fingerprint density at radius 1 is 1.38 bits per heavy atom. The van der Waals surface area contributed by atoms with Crippen molar-refractivity contribution in [2.75, 3.05) is 39.2 Å². The number of methoxy groups -OCH3 is 2. The lowest BCUT2D eigenvalue weighted by Gasteiger charge is -2.31. The highest BCUT2D eigenvalue weighted by Crippen LogP contribution is 2.30. The van der Waals surface area contributed by atoms with Gasteiger partial charge in [-0.3, -0.25) is 0 Å². The van der Waals surface area contributed by atoms with Crippen LogP contribution < -0.4 is 14.8 Å². The second-order valence-corrected chi connectivity index (χ2v) is 5.14. The van der Waals surface area contributed by atoms with E-state index in [0.717, 1.165) is 19.4 Å². The molecule has 0 aliphatic carbocycles. The molecule has 0 spiro atoms. The molecule has 1 fully saturated rings. The van der Waals surface area contributed by atoms with Gasteiger partial charge in [0.2, 0.25) is 0 Å². The summed E-state index contributed by atoms with van der Waals surface area (Å²) in [5, 5.41) is 12.1. The summed E-state index contributed by atoms with van der Waals surface area (Å²) in [5.74, 6) is 1.37. The summed E-state index contributed by atoms with van der Waals surface area (Å²) >= 11 is 0. The van der Waals surface area contributed by atoms with Crippen LogP contribution in [0.1, 0.15) is 12.8 Å². The van der Waals surface area contributed by atoms with E-state index in [-0.39, 0.29) is 18.6 Å². The zero-order chi connectivity index (χ0) is 15.2. The Hall–Kier alpha value is -1.95. The summed E-state index contributed by atoms with van der Waals surface area (Å²) in [6.45, 7) is 1.44. The summed E-state index contributed by atoms with van der Waals surface area (Å²) in [5.41, 5.74) is 0.656. The van der Waals surface area contributed by atoms with Crippen molar-refractivity contribution in [2.24, 2.45) is 5.92 Å². The van der Waals surface area contributed by atoms with E-state index < -0.39 is 0 Å². The zero-order valence-electron chi connectivity index (χ0n) is 12.5. The molecule has 6 nitrogen and oxygen atoms in total. The van der Waals surface area contributed by atoms with E-state index in [4.69, 9.17) is 9.47 Å². The van der Waals surface area contributed by atoms with E-state index >= 15 is 0 Å². The number of urea groups is 1. The van der Waals surface area contributed by atoms with E-state index in [0.29, 0.717) is 23.7 Å². The van der Waals surface area contributed by atoms with Gasteiger partial charge in [0.05, 0.1) is 14.2 Å². The van der Waals surface area contributed by atoms with Gasteiger partial charge in [-0.05, 0) is 30.9 Å². The number of rotatable bonds is 4. The van der Waals surface area contributed by atoms with Gasteiger partial charge in [0.1, 0.15) is 0 Å². The van der Waals surface area contributed by atoms with Crippen LogP contribution in [0.25, 0.3) is 0 Å². The predicted molar refractivity (Wildman–Crippen MR) is 79.9 cm³/mol. The number of amides is 2. The number of hydrogen-bond acceptors (Lipinski definition) is 4. The molecular weight excluding hydrogens is 272 g/mol. The highest BCUT2D eigenvalue weighted by Gasteiger charge is 2.23. The standard InChI is InChI=1S/C15H22N2O4/c1-20-13-6-5-12(8-14(13)21-2)16-15(19)17-7-3-4-11(9-17)10-18/h5-6,8,11,18H,3-4,7,9-10H2,1-2H3,(H,16,19). The van der Waals surface area contributed by atoms with Crippen LogP contribution in [0.4, 0.5) is 10.5 Å². The van der Waals surface area contributed by atoms with Crippen molar-refractivity contribution in [3.05, 3.63) is 18.2 Å². The molecule has 21 heavy (non-hydrogen) atoms. The third-order valence-electron chi connectivity index (χ3n) is 3.70. The molecule has 6 heteroatoms. The Kier molecular flexibility index (Phi) is 5.27. The minimum absolute atomic E-state index is 0.125. The number of nitrogens with zero attached hydrogens (tertiary/aromatic N) is 1. The van der Waals surface area contributed by atoms with Crippen LogP contribution in [0.15, 0.2) is 18.2 Å².